The van der Waals surface area contributed by atoms with Gasteiger partial charge in [-0.2, -0.15) is 5.10 Å². The summed E-state index contributed by atoms with van der Waals surface area (Å²) in [6.07, 6.45) is 5.20. The van der Waals surface area contributed by atoms with Crippen LogP contribution in [0.5, 0.6) is 0 Å². The lowest BCUT2D eigenvalue weighted by Crippen LogP contribution is -2.55. The zero-order chi connectivity index (χ0) is 28.5. The summed E-state index contributed by atoms with van der Waals surface area (Å²) >= 11 is 6.35. The van der Waals surface area contributed by atoms with Gasteiger partial charge in [0, 0.05) is 87.8 Å². The van der Waals surface area contributed by atoms with Crippen molar-refractivity contribution in [3.8, 4) is 11.3 Å². The Labute approximate surface area is 244 Å². The van der Waals surface area contributed by atoms with Crippen molar-refractivity contribution in [2.24, 2.45) is 5.92 Å². The van der Waals surface area contributed by atoms with E-state index in [-0.39, 0.29) is 23.6 Å². The number of carbonyl (C=O) groups excluding carboxylic acids is 3. The van der Waals surface area contributed by atoms with Crippen LogP contribution in [-0.4, -0.2) is 111 Å². The molecule has 1 aromatic carbocycles. The highest BCUT2D eigenvalue weighted by atomic mass is 35.5. The van der Waals surface area contributed by atoms with Gasteiger partial charge in [0.2, 0.25) is 11.8 Å². The molecule has 216 valence electrons. The normalized spacial score (nSPS) is 19.6. The van der Waals surface area contributed by atoms with E-state index in [1.165, 1.54) is 0 Å². The number of halogens is 1. The zero-order valence-electron chi connectivity index (χ0n) is 23.4. The molecule has 0 atom stereocenters. The van der Waals surface area contributed by atoms with Crippen molar-refractivity contribution in [3.05, 3.63) is 47.2 Å². The standard InChI is InChI=1S/C30H36ClN7O3/c1-20(39)35-8-4-21(5-9-35)29(40)37-10-6-25(7-11-37)36-12-14-38(15-13-36)30(41)24-17-26(33-28(31)18-24)22-2-3-23-19-32-34-27(23)16-22/h2-3,16-19,21,25H,4-15H2,1H3,(H,32,34). The third kappa shape index (κ3) is 5.94. The number of piperidine rings is 2. The maximum absolute atomic E-state index is 13.5. The molecule has 3 aliphatic heterocycles. The number of carbonyl (C=O) groups is 3. The zero-order valence-corrected chi connectivity index (χ0v) is 24.1. The molecule has 0 aliphatic carbocycles. The molecular formula is C30H36ClN7O3. The number of hydrogen-bond donors (Lipinski definition) is 1. The van der Waals surface area contributed by atoms with Crippen LogP contribution in [0.2, 0.25) is 5.15 Å². The molecule has 10 nitrogen and oxygen atoms in total. The van der Waals surface area contributed by atoms with Crippen LogP contribution in [0.4, 0.5) is 0 Å². The van der Waals surface area contributed by atoms with E-state index in [4.69, 9.17) is 11.6 Å². The molecule has 0 unspecified atom stereocenters. The molecule has 0 saturated carbocycles. The SMILES string of the molecule is CC(=O)N1CCC(C(=O)N2CCC(N3CCN(C(=O)c4cc(Cl)nc(-c5ccc6cn[nH]c6c5)c4)CC3)CC2)CC1. The van der Waals surface area contributed by atoms with E-state index >= 15 is 0 Å². The number of pyridine rings is 1. The fourth-order valence-corrected chi connectivity index (χ4v) is 6.70. The topological polar surface area (TPSA) is 106 Å². The first-order valence-corrected chi connectivity index (χ1v) is 14.9. The maximum atomic E-state index is 13.5. The number of amides is 3. The molecule has 3 aromatic rings. The summed E-state index contributed by atoms with van der Waals surface area (Å²) in [5.74, 6) is 0.347. The Kier molecular flexibility index (Phi) is 7.94. The number of benzene rings is 1. The predicted octanol–water partition coefficient (Wildman–Crippen LogP) is 3.29. The summed E-state index contributed by atoms with van der Waals surface area (Å²) in [7, 11) is 0. The molecule has 2 aromatic heterocycles. The van der Waals surface area contributed by atoms with Gasteiger partial charge in [0.05, 0.1) is 17.4 Å². The molecular weight excluding hydrogens is 542 g/mol. The summed E-state index contributed by atoms with van der Waals surface area (Å²) in [5, 5.41) is 8.34. The minimum Gasteiger partial charge on any atom is -0.343 e. The Morgan fingerprint density at radius 1 is 0.854 bits per heavy atom. The minimum absolute atomic E-state index is 0.0333. The molecule has 6 rings (SSSR count). The van der Waals surface area contributed by atoms with E-state index in [0.717, 1.165) is 68.3 Å². The number of likely N-dealkylation sites (tertiary alicyclic amines) is 2. The summed E-state index contributed by atoms with van der Waals surface area (Å²) < 4.78 is 0. The van der Waals surface area contributed by atoms with Crippen LogP contribution in [0, 0.1) is 5.92 Å². The first-order valence-electron chi connectivity index (χ1n) is 14.5. The fourth-order valence-electron chi connectivity index (χ4n) is 6.49. The van der Waals surface area contributed by atoms with Gasteiger partial charge in [-0.25, -0.2) is 4.98 Å². The summed E-state index contributed by atoms with van der Waals surface area (Å²) in [5.41, 5.74) is 2.97. The number of H-pyrrole nitrogens is 1. The monoisotopic (exact) mass is 577 g/mol. The van der Waals surface area contributed by atoms with Crippen molar-refractivity contribution in [2.45, 2.75) is 38.6 Å². The van der Waals surface area contributed by atoms with Gasteiger partial charge in [0.1, 0.15) is 5.15 Å². The maximum Gasteiger partial charge on any atom is 0.254 e. The first-order chi connectivity index (χ1) is 19.9. The Hall–Kier alpha value is -3.50. The van der Waals surface area contributed by atoms with Crippen LogP contribution >= 0.6 is 11.6 Å². The summed E-state index contributed by atoms with van der Waals surface area (Å²) in [4.78, 5) is 50.8. The Morgan fingerprint density at radius 2 is 1.56 bits per heavy atom. The first kappa shape index (κ1) is 27.7. The molecule has 1 N–H and O–H groups in total. The van der Waals surface area contributed by atoms with Crippen molar-refractivity contribution in [1.82, 2.24) is 34.8 Å². The molecule has 0 spiro atoms. The second-order valence-electron chi connectivity index (χ2n) is 11.4. The largest absolute Gasteiger partial charge is 0.343 e. The number of piperazine rings is 1. The predicted molar refractivity (Wildman–Crippen MR) is 156 cm³/mol. The molecule has 3 fully saturated rings. The Bertz CT molecular complexity index is 1430. The second kappa shape index (κ2) is 11.8. The summed E-state index contributed by atoms with van der Waals surface area (Å²) in [6, 6.07) is 9.77. The van der Waals surface area contributed by atoms with Crippen LogP contribution in [0.15, 0.2) is 36.5 Å². The molecule has 5 heterocycles. The van der Waals surface area contributed by atoms with E-state index in [1.54, 1.807) is 19.2 Å². The summed E-state index contributed by atoms with van der Waals surface area (Å²) in [6.45, 7) is 7.45. The van der Waals surface area contributed by atoms with Gasteiger partial charge in [-0.1, -0.05) is 23.7 Å². The molecule has 11 heteroatoms. The van der Waals surface area contributed by atoms with E-state index in [1.807, 2.05) is 39.0 Å². The lowest BCUT2D eigenvalue weighted by Gasteiger charge is -2.43. The van der Waals surface area contributed by atoms with Crippen molar-refractivity contribution >= 4 is 40.2 Å². The minimum atomic E-state index is -0.0333. The fraction of sp³-hybridized carbons (Fsp3) is 0.500. The van der Waals surface area contributed by atoms with Crippen LogP contribution in [0.3, 0.4) is 0 Å². The number of aromatic amines is 1. The highest BCUT2D eigenvalue weighted by Crippen LogP contribution is 2.27. The number of nitrogens with one attached hydrogen (secondary N) is 1. The Balaban J connectivity index is 1.01. The van der Waals surface area contributed by atoms with E-state index < -0.39 is 0 Å². The average Bonchev–Trinajstić information content (AvgIpc) is 3.48. The number of fused-ring (bicyclic) bond motifs is 1. The van der Waals surface area contributed by atoms with Crippen molar-refractivity contribution in [2.75, 3.05) is 52.4 Å². The van der Waals surface area contributed by atoms with Gasteiger partial charge in [-0.15, -0.1) is 0 Å². The number of hydrogen-bond acceptors (Lipinski definition) is 6. The van der Waals surface area contributed by atoms with Gasteiger partial charge in [-0.05, 0) is 43.9 Å². The molecule has 3 aliphatic rings. The Morgan fingerprint density at radius 3 is 2.27 bits per heavy atom. The molecule has 41 heavy (non-hydrogen) atoms. The smallest absolute Gasteiger partial charge is 0.254 e. The van der Waals surface area contributed by atoms with Gasteiger partial charge >= 0.3 is 0 Å². The third-order valence-corrected chi connectivity index (χ3v) is 9.16. The third-order valence-electron chi connectivity index (χ3n) is 8.96. The number of aromatic nitrogens is 3. The van der Waals surface area contributed by atoms with Gasteiger partial charge in [-0.3, -0.25) is 24.4 Å². The quantitative estimate of drug-likeness (QED) is 0.477. The van der Waals surface area contributed by atoms with Crippen molar-refractivity contribution in [3.63, 3.8) is 0 Å². The van der Waals surface area contributed by atoms with Crippen molar-refractivity contribution in [1.29, 1.82) is 0 Å². The average molecular weight is 578 g/mol. The van der Waals surface area contributed by atoms with E-state index in [2.05, 4.69) is 20.1 Å². The number of nitrogens with zero attached hydrogens (tertiary/aromatic N) is 6. The van der Waals surface area contributed by atoms with Crippen molar-refractivity contribution < 1.29 is 14.4 Å². The highest BCUT2D eigenvalue weighted by Gasteiger charge is 2.34. The van der Waals surface area contributed by atoms with Crippen LogP contribution in [-0.2, 0) is 9.59 Å². The van der Waals surface area contributed by atoms with Gasteiger partial charge < -0.3 is 14.7 Å². The van der Waals surface area contributed by atoms with E-state index in [0.29, 0.717) is 48.6 Å². The molecule has 0 bridgehead atoms. The van der Waals surface area contributed by atoms with Crippen LogP contribution in [0.1, 0.15) is 43.0 Å². The van der Waals surface area contributed by atoms with Gasteiger partial charge in [0.15, 0.2) is 0 Å². The lowest BCUT2D eigenvalue weighted by atomic mass is 9.93. The lowest BCUT2D eigenvalue weighted by molar-refractivity contribution is -0.141. The number of rotatable bonds is 4. The van der Waals surface area contributed by atoms with Crippen LogP contribution in [0.25, 0.3) is 22.2 Å². The van der Waals surface area contributed by atoms with Gasteiger partial charge in [0.25, 0.3) is 5.91 Å². The highest BCUT2D eigenvalue weighted by molar-refractivity contribution is 6.30. The second-order valence-corrected chi connectivity index (χ2v) is 11.8. The molecule has 3 saturated heterocycles. The van der Waals surface area contributed by atoms with E-state index in [9.17, 15) is 14.4 Å². The van der Waals surface area contributed by atoms with Crippen LogP contribution < -0.4 is 0 Å². The molecule has 3 amide bonds. The molecule has 0 radical (unpaired) electrons.